The van der Waals surface area contributed by atoms with E-state index in [2.05, 4.69) is 18.4 Å². The number of rotatable bonds is 22. The molecular formula is C22H47O6P. The summed E-state index contributed by atoms with van der Waals surface area (Å²) in [5, 5.41) is 10.3. The summed E-state index contributed by atoms with van der Waals surface area (Å²) in [6.45, 7) is 5.54. The highest BCUT2D eigenvalue weighted by Gasteiger charge is 2.23. The Morgan fingerprint density at radius 2 is 1.21 bits per heavy atom. The van der Waals surface area contributed by atoms with Crippen LogP contribution in [0.5, 0.6) is 0 Å². The molecule has 6 nitrogen and oxygen atoms in total. The fourth-order valence-corrected chi connectivity index (χ4v) is 3.91. The summed E-state index contributed by atoms with van der Waals surface area (Å²) in [4.78, 5) is 17.7. The topological polar surface area (TPSA) is 96.2 Å². The highest BCUT2D eigenvalue weighted by Crippen LogP contribution is 2.36. The molecule has 0 aliphatic rings. The van der Waals surface area contributed by atoms with Crippen LogP contribution in [0.3, 0.4) is 0 Å². The van der Waals surface area contributed by atoms with Gasteiger partial charge in [-0.1, -0.05) is 84.5 Å². The van der Waals surface area contributed by atoms with Crippen molar-refractivity contribution in [2.45, 2.75) is 116 Å². The molecule has 0 bridgehead atoms. The van der Waals surface area contributed by atoms with Gasteiger partial charge >= 0.3 is 7.82 Å². The number of hydrogen-bond acceptors (Lipinski definition) is 4. The lowest BCUT2D eigenvalue weighted by molar-refractivity contribution is 0.0311. The first-order valence-corrected chi connectivity index (χ1v) is 13.4. The van der Waals surface area contributed by atoms with Crippen molar-refractivity contribution in [2.75, 3.05) is 19.8 Å². The van der Waals surface area contributed by atoms with Crippen LogP contribution in [-0.4, -0.2) is 40.8 Å². The zero-order valence-corrected chi connectivity index (χ0v) is 19.8. The second kappa shape index (κ2) is 20.0. The normalized spacial score (nSPS) is 14.2. The Balaban J connectivity index is 3.87. The number of aliphatic hydroxyl groups is 1. The number of phosphoric ester groups is 1. The number of phosphoric acid groups is 1. The molecule has 0 aliphatic heterocycles. The van der Waals surface area contributed by atoms with Crippen molar-refractivity contribution >= 4 is 7.82 Å². The Bertz CT molecular complexity index is 387. The highest BCUT2D eigenvalue weighted by molar-refractivity contribution is 7.46. The van der Waals surface area contributed by atoms with Gasteiger partial charge in [0.2, 0.25) is 0 Å². The summed E-state index contributed by atoms with van der Waals surface area (Å²) < 4.78 is 21.1. The number of unbranched alkanes of at least 4 members (excludes halogenated alkanes) is 10. The molecule has 29 heavy (non-hydrogen) atoms. The second-order valence-electron chi connectivity index (χ2n) is 8.19. The standard InChI is InChI=1S/C22H47O6P/c1-3-5-7-9-10-11-12-14-18-27-19-15-17-21(16-13-8-6-4-2)22(23)20-28-29(24,25)26/h21-23H,3-20H2,1-2H3,(H2,24,25,26). The van der Waals surface area contributed by atoms with Crippen LogP contribution in [0, 0.1) is 5.92 Å². The fourth-order valence-electron chi connectivity index (χ4n) is 3.56. The maximum absolute atomic E-state index is 10.9. The van der Waals surface area contributed by atoms with Gasteiger partial charge < -0.3 is 19.6 Å². The van der Waals surface area contributed by atoms with E-state index in [1.54, 1.807) is 0 Å². The van der Waals surface area contributed by atoms with Gasteiger partial charge in [0.25, 0.3) is 0 Å². The van der Waals surface area contributed by atoms with Crippen molar-refractivity contribution in [3.63, 3.8) is 0 Å². The predicted octanol–water partition coefficient (Wildman–Crippen LogP) is 5.98. The van der Waals surface area contributed by atoms with Gasteiger partial charge in [-0.3, -0.25) is 4.52 Å². The Kier molecular flexibility index (Phi) is 20.0. The van der Waals surface area contributed by atoms with Crippen molar-refractivity contribution in [2.24, 2.45) is 5.92 Å². The van der Waals surface area contributed by atoms with Gasteiger partial charge in [-0.05, 0) is 31.6 Å². The fraction of sp³-hybridized carbons (Fsp3) is 1.00. The maximum Gasteiger partial charge on any atom is 0.469 e. The Labute approximate surface area is 179 Å². The molecule has 0 saturated heterocycles. The third kappa shape index (κ3) is 21.1. The van der Waals surface area contributed by atoms with Crippen LogP contribution in [-0.2, 0) is 13.8 Å². The van der Waals surface area contributed by atoms with Gasteiger partial charge in [0, 0.05) is 13.2 Å². The molecule has 0 amide bonds. The largest absolute Gasteiger partial charge is 0.469 e. The highest BCUT2D eigenvalue weighted by atomic mass is 31.2. The van der Waals surface area contributed by atoms with Gasteiger partial charge in [-0.2, -0.15) is 0 Å². The molecule has 2 unspecified atom stereocenters. The summed E-state index contributed by atoms with van der Waals surface area (Å²) in [6, 6.07) is 0. The van der Waals surface area contributed by atoms with Crippen molar-refractivity contribution in [1.29, 1.82) is 0 Å². The van der Waals surface area contributed by atoms with Crippen molar-refractivity contribution in [1.82, 2.24) is 0 Å². The van der Waals surface area contributed by atoms with Crippen molar-refractivity contribution < 1.29 is 28.7 Å². The Morgan fingerprint density at radius 3 is 1.79 bits per heavy atom. The molecule has 0 aromatic rings. The van der Waals surface area contributed by atoms with Crippen molar-refractivity contribution in [3.8, 4) is 0 Å². The molecular weight excluding hydrogens is 391 g/mol. The first-order valence-electron chi connectivity index (χ1n) is 11.9. The van der Waals surface area contributed by atoms with E-state index in [1.807, 2.05) is 0 Å². The lowest BCUT2D eigenvalue weighted by Crippen LogP contribution is -2.26. The van der Waals surface area contributed by atoms with E-state index in [9.17, 15) is 9.67 Å². The van der Waals surface area contributed by atoms with Crippen LogP contribution in [0.2, 0.25) is 0 Å². The van der Waals surface area contributed by atoms with E-state index in [1.165, 1.54) is 51.4 Å². The monoisotopic (exact) mass is 438 g/mol. The predicted molar refractivity (Wildman–Crippen MR) is 119 cm³/mol. The van der Waals surface area contributed by atoms with E-state index in [4.69, 9.17) is 14.5 Å². The van der Waals surface area contributed by atoms with E-state index >= 15 is 0 Å². The third-order valence-corrected chi connectivity index (χ3v) is 5.88. The molecule has 0 radical (unpaired) electrons. The number of hydrogen-bond donors (Lipinski definition) is 3. The summed E-state index contributed by atoms with van der Waals surface area (Å²) in [5.74, 6) is -0.00914. The van der Waals surface area contributed by atoms with Crippen molar-refractivity contribution in [3.05, 3.63) is 0 Å². The molecule has 176 valence electrons. The summed E-state index contributed by atoms with van der Waals surface area (Å²) in [7, 11) is -4.54. The number of ether oxygens (including phenoxy) is 1. The lowest BCUT2D eigenvalue weighted by Gasteiger charge is -2.23. The first kappa shape index (κ1) is 29.0. The van der Waals surface area contributed by atoms with Gasteiger partial charge in [0.1, 0.15) is 0 Å². The zero-order valence-electron chi connectivity index (χ0n) is 18.9. The van der Waals surface area contributed by atoms with Gasteiger partial charge in [-0.25, -0.2) is 4.57 Å². The SMILES string of the molecule is CCCCCCCCCCOCCCC(CCCCCC)C(O)COP(=O)(O)O. The Morgan fingerprint density at radius 1 is 0.724 bits per heavy atom. The van der Waals surface area contributed by atoms with E-state index in [0.717, 1.165) is 51.6 Å². The van der Waals surface area contributed by atoms with Crippen LogP contribution < -0.4 is 0 Å². The minimum Gasteiger partial charge on any atom is -0.390 e. The van der Waals surface area contributed by atoms with Gasteiger partial charge in [0.05, 0.1) is 12.7 Å². The summed E-state index contributed by atoms with van der Waals surface area (Å²) >= 11 is 0. The van der Waals surface area contributed by atoms with E-state index in [0.29, 0.717) is 6.61 Å². The molecule has 0 aromatic heterocycles. The smallest absolute Gasteiger partial charge is 0.390 e. The van der Waals surface area contributed by atoms with Gasteiger partial charge in [-0.15, -0.1) is 0 Å². The molecule has 0 saturated carbocycles. The van der Waals surface area contributed by atoms with Crippen LogP contribution in [0.25, 0.3) is 0 Å². The van der Waals surface area contributed by atoms with Crippen LogP contribution in [0.1, 0.15) is 110 Å². The van der Waals surface area contributed by atoms with E-state index in [-0.39, 0.29) is 12.5 Å². The number of aliphatic hydroxyl groups excluding tert-OH is 1. The minimum atomic E-state index is -4.54. The molecule has 2 atom stereocenters. The minimum absolute atomic E-state index is 0.00914. The first-order chi connectivity index (χ1) is 13.9. The third-order valence-electron chi connectivity index (χ3n) is 5.39. The molecule has 0 heterocycles. The average molecular weight is 439 g/mol. The van der Waals surface area contributed by atoms with Crippen LogP contribution in [0.4, 0.5) is 0 Å². The molecule has 3 N–H and O–H groups in total. The average Bonchev–Trinajstić information content (AvgIpc) is 2.68. The van der Waals surface area contributed by atoms with Crippen LogP contribution >= 0.6 is 7.82 Å². The second-order valence-corrected chi connectivity index (χ2v) is 9.43. The molecule has 0 spiro atoms. The Hall–Kier alpha value is 0.0300. The molecule has 0 aliphatic carbocycles. The quantitative estimate of drug-likeness (QED) is 0.142. The molecule has 0 fully saturated rings. The van der Waals surface area contributed by atoms with Gasteiger partial charge in [0.15, 0.2) is 0 Å². The lowest BCUT2D eigenvalue weighted by atomic mass is 9.91. The molecule has 0 rings (SSSR count). The maximum atomic E-state index is 10.9. The van der Waals surface area contributed by atoms with E-state index < -0.39 is 13.9 Å². The van der Waals surface area contributed by atoms with Crippen LogP contribution in [0.15, 0.2) is 0 Å². The molecule has 7 heteroatoms. The molecule has 0 aromatic carbocycles. The zero-order chi connectivity index (χ0) is 21.8. The summed E-state index contributed by atoms with van der Waals surface area (Å²) in [5.41, 5.74) is 0. The summed E-state index contributed by atoms with van der Waals surface area (Å²) in [6.07, 6.45) is 16.4.